The van der Waals surface area contributed by atoms with Crippen molar-refractivity contribution in [2.45, 2.75) is 30.7 Å². The standard InChI is InChI=1S/C18H17F3N6O8S/c19-18(20,21)7-1-2-8(9(28)3-7)16(31)26-36(32,33)34-4-10-12(29)13(30)17(35-10)27-6-25-11-14(22)23-5-24-15(11)27/h1-3,5-6,10,12-13,17,28-30H,4H2,(H,26,31)(H2,22,23,24)/p-1/t10?,12-,13-,17?/m1/s1. The van der Waals surface area contributed by atoms with Crippen molar-refractivity contribution in [3.05, 3.63) is 42.0 Å². The molecule has 0 saturated carbocycles. The number of anilines is 1. The number of carbonyl (C=O) groups excluding carboxylic acids is 1. The van der Waals surface area contributed by atoms with Crippen LogP contribution in [0.15, 0.2) is 30.9 Å². The van der Waals surface area contributed by atoms with Crippen LogP contribution in [0.25, 0.3) is 11.2 Å². The van der Waals surface area contributed by atoms with Gasteiger partial charge in [0, 0.05) is 5.56 Å². The molecule has 2 aromatic heterocycles. The number of halogens is 3. The summed E-state index contributed by atoms with van der Waals surface area (Å²) in [4.78, 5) is 23.9. The smallest absolute Gasteiger partial charge is 0.416 e. The van der Waals surface area contributed by atoms with Crippen LogP contribution in [-0.4, -0.2) is 69.0 Å². The molecule has 3 heterocycles. The van der Waals surface area contributed by atoms with E-state index in [-0.39, 0.29) is 23.0 Å². The summed E-state index contributed by atoms with van der Waals surface area (Å²) < 4.78 is 75.0. The number of carbonyl (C=O) groups is 1. The van der Waals surface area contributed by atoms with E-state index in [1.54, 1.807) is 0 Å². The lowest BCUT2D eigenvalue weighted by Gasteiger charge is -2.17. The maximum absolute atomic E-state index is 12.7. The number of amides is 1. The van der Waals surface area contributed by atoms with Crippen molar-refractivity contribution >= 4 is 33.2 Å². The molecule has 5 N–H and O–H groups in total. The number of fused-ring (bicyclic) bond motifs is 1. The molecule has 1 saturated heterocycles. The number of imidazole rings is 1. The van der Waals surface area contributed by atoms with Gasteiger partial charge in [0.15, 0.2) is 17.7 Å². The van der Waals surface area contributed by atoms with Gasteiger partial charge in [0.2, 0.25) is 0 Å². The first-order valence-electron chi connectivity index (χ1n) is 9.83. The third-order valence-corrected chi connectivity index (χ3v) is 6.04. The molecular weight excluding hydrogens is 517 g/mol. The van der Waals surface area contributed by atoms with Gasteiger partial charge in [-0.05, 0) is 12.1 Å². The van der Waals surface area contributed by atoms with Crippen molar-refractivity contribution in [1.29, 1.82) is 0 Å². The second-order valence-electron chi connectivity index (χ2n) is 7.51. The minimum atomic E-state index is -4.91. The summed E-state index contributed by atoms with van der Waals surface area (Å²) in [5.41, 5.74) is 3.85. The molecule has 1 fully saturated rings. The fourth-order valence-corrected chi connectivity index (χ4v) is 4.10. The van der Waals surface area contributed by atoms with Crippen LogP contribution in [0.2, 0.25) is 0 Å². The molecule has 0 aliphatic carbocycles. The Morgan fingerprint density at radius 3 is 2.64 bits per heavy atom. The zero-order chi connectivity index (χ0) is 26.4. The van der Waals surface area contributed by atoms with Gasteiger partial charge >= 0.3 is 16.5 Å². The topological polar surface area (TPSA) is 215 Å². The van der Waals surface area contributed by atoms with Crippen molar-refractivity contribution in [3.8, 4) is 5.75 Å². The minimum absolute atomic E-state index is 0.0442. The first-order chi connectivity index (χ1) is 16.8. The van der Waals surface area contributed by atoms with E-state index < -0.39 is 70.4 Å². The van der Waals surface area contributed by atoms with Gasteiger partial charge < -0.3 is 25.8 Å². The van der Waals surface area contributed by atoms with Crippen molar-refractivity contribution in [2.24, 2.45) is 0 Å². The Balaban J connectivity index is 1.42. The number of hydrogen-bond acceptors (Lipinski definition) is 12. The number of nitrogens with one attached hydrogen (secondary N) is 1. The molecule has 1 aliphatic heterocycles. The number of nitrogen functional groups attached to an aromatic ring is 1. The van der Waals surface area contributed by atoms with Gasteiger partial charge in [-0.25, -0.2) is 19.7 Å². The molecule has 0 spiro atoms. The lowest BCUT2D eigenvalue weighted by atomic mass is 10.1. The first-order valence-corrected chi connectivity index (χ1v) is 11.2. The molecule has 14 nitrogen and oxygen atoms in total. The largest absolute Gasteiger partial charge is 0.872 e. The van der Waals surface area contributed by atoms with Gasteiger partial charge in [-0.2, -0.15) is 21.6 Å². The van der Waals surface area contributed by atoms with Crippen LogP contribution >= 0.6 is 0 Å². The lowest BCUT2D eigenvalue weighted by Crippen LogP contribution is -2.38. The van der Waals surface area contributed by atoms with Gasteiger partial charge in [-0.1, -0.05) is 11.8 Å². The molecule has 194 valence electrons. The molecule has 4 atom stereocenters. The van der Waals surface area contributed by atoms with Gasteiger partial charge in [0.05, 0.1) is 18.5 Å². The SMILES string of the molecule is Nc1ncnc2c1ncn2C1OC(COS(=O)(=O)NC(=O)c2ccc(C(F)(F)F)cc2[O-])[C@@H](O)[C@H]1O. The highest BCUT2D eigenvalue weighted by molar-refractivity contribution is 7.85. The van der Waals surface area contributed by atoms with Crippen LogP contribution < -0.4 is 15.6 Å². The predicted molar refractivity (Wildman–Crippen MR) is 109 cm³/mol. The summed E-state index contributed by atoms with van der Waals surface area (Å²) in [6.07, 6.45) is -8.43. The zero-order valence-electron chi connectivity index (χ0n) is 17.7. The average molecular weight is 533 g/mol. The predicted octanol–water partition coefficient (Wildman–Crippen LogP) is -1.19. The maximum Gasteiger partial charge on any atom is 0.416 e. The molecule has 36 heavy (non-hydrogen) atoms. The van der Waals surface area contributed by atoms with Gasteiger partial charge in [0.1, 0.15) is 30.2 Å². The number of aliphatic hydroxyl groups is 2. The Morgan fingerprint density at radius 2 is 1.97 bits per heavy atom. The van der Waals surface area contributed by atoms with E-state index in [4.69, 9.17) is 10.5 Å². The molecule has 1 amide bonds. The molecule has 3 aromatic rings. The summed E-state index contributed by atoms with van der Waals surface area (Å²) in [6, 6.07) is 1.10. The molecular formula is C18H16F3N6O8S-. The van der Waals surface area contributed by atoms with Crippen molar-refractivity contribution in [3.63, 3.8) is 0 Å². The van der Waals surface area contributed by atoms with Crippen LogP contribution in [0.3, 0.4) is 0 Å². The fourth-order valence-electron chi connectivity index (χ4n) is 3.39. The highest BCUT2D eigenvalue weighted by Gasteiger charge is 2.45. The minimum Gasteiger partial charge on any atom is -0.872 e. The summed E-state index contributed by atoms with van der Waals surface area (Å²) in [7, 11) is -4.91. The van der Waals surface area contributed by atoms with Crippen LogP contribution in [0.4, 0.5) is 19.0 Å². The van der Waals surface area contributed by atoms with Crippen LogP contribution in [0.5, 0.6) is 5.75 Å². The molecule has 0 radical (unpaired) electrons. The first kappa shape index (κ1) is 25.5. The Kier molecular flexibility index (Phi) is 6.47. The van der Waals surface area contributed by atoms with E-state index in [2.05, 4.69) is 19.1 Å². The maximum atomic E-state index is 12.7. The fraction of sp³-hybridized carbons (Fsp3) is 0.333. The number of alkyl halides is 3. The quantitative estimate of drug-likeness (QED) is 0.294. The number of nitrogens with zero attached hydrogens (tertiary/aromatic N) is 4. The third kappa shape index (κ3) is 4.88. The second kappa shape index (κ2) is 9.13. The Bertz CT molecular complexity index is 1420. The summed E-state index contributed by atoms with van der Waals surface area (Å²) in [6.45, 7) is -0.891. The zero-order valence-corrected chi connectivity index (χ0v) is 18.5. The molecule has 4 rings (SSSR count). The van der Waals surface area contributed by atoms with Gasteiger partial charge in [0.25, 0.3) is 5.91 Å². The molecule has 1 aromatic carbocycles. The van der Waals surface area contributed by atoms with E-state index in [1.807, 2.05) is 0 Å². The number of aromatic nitrogens is 4. The number of nitrogens with two attached hydrogens (primary N) is 1. The van der Waals surface area contributed by atoms with Gasteiger partial charge in [-0.15, -0.1) is 0 Å². The summed E-state index contributed by atoms with van der Waals surface area (Å²) in [5, 5.41) is 32.5. The van der Waals surface area contributed by atoms with E-state index in [0.717, 1.165) is 6.33 Å². The molecule has 18 heteroatoms. The van der Waals surface area contributed by atoms with E-state index >= 15 is 0 Å². The highest BCUT2D eigenvalue weighted by atomic mass is 32.2. The van der Waals surface area contributed by atoms with Crippen molar-refractivity contribution in [2.75, 3.05) is 12.3 Å². The average Bonchev–Trinajstić information content (AvgIpc) is 3.33. The van der Waals surface area contributed by atoms with Crippen LogP contribution in [0, 0.1) is 0 Å². The second-order valence-corrected chi connectivity index (χ2v) is 8.86. The van der Waals surface area contributed by atoms with E-state index in [0.29, 0.717) is 12.1 Å². The summed E-state index contributed by atoms with van der Waals surface area (Å²) in [5.74, 6) is -2.86. The Labute approximate surface area is 199 Å². The van der Waals surface area contributed by atoms with Crippen molar-refractivity contribution < 1.29 is 50.6 Å². The third-order valence-electron chi connectivity index (χ3n) is 5.16. The number of rotatable bonds is 6. The van der Waals surface area contributed by atoms with E-state index in [9.17, 15) is 41.7 Å². The van der Waals surface area contributed by atoms with Crippen LogP contribution in [-0.2, 0) is 25.4 Å². The number of benzene rings is 1. The van der Waals surface area contributed by atoms with Crippen molar-refractivity contribution in [1.82, 2.24) is 24.2 Å². The number of hydrogen-bond donors (Lipinski definition) is 4. The molecule has 0 bridgehead atoms. The normalized spacial score (nSPS) is 22.7. The summed E-state index contributed by atoms with van der Waals surface area (Å²) >= 11 is 0. The van der Waals surface area contributed by atoms with Gasteiger partial charge in [-0.3, -0.25) is 13.5 Å². The van der Waals surface area contributed by atoms with Crippen LogP contribution in [0.1, 0.15) is 22.1 Å². The highest BCUT2D eigenvalue weighted by Crippen LogP contribution is 2.33. The molecule has 1 aliphatic rings. The Morgan fingerprint density at radius 1 is 1.25 bits per heavy atom. The monoisotopic (exact) mass is 533 g/mol. The Hall–Kier alpha value is -3.58. The lowest BCUT2D eigenvalue weighted by molar-refractivity contribution is -0.269. The molecule has 2 unspecified atom stereocenters. The number of aliphatic hydroxyl groups excluding tert-OH is 2. The van der Waals surface area contributed by atoms with E-state index in [1.165, 1.54) is 15.6 Å². The number of ether oxygens (including phenoxy) is 1.